The van der Waals surface area contributed by atoms with Crippen LogP contribution in [0.3, 0.4) is 0 Å². The fourth-order valence-corrected chi connectivity index (χ4v) is 2.84. The van der Waals surface area contributed by atoms with Gasteiger partial charge in [-0.3, -0.25) is 0 Å². The molecule has 3 rings (SSSR count). The lowest BCUT2D eigenvalue weighted by atomic mass is 10.0. The van der Waals surface area contributed by atoms with Gasteiger partial charge in [0.1, 0.15) is 0 Å². The summed E-state index contributed by atoms with van der Waals surface area (Å²) in [6.45, 7) is 4.25. The van der Waals surface area contributed by atoms with Gasteiger partial charge in [-0.05, 0) is 42.9 Å². The van der Waals surface area contributed by atoms with E-state index in [0.29, 0.717) is 11.9 Å². The molecule has 0 aliphatic carbocycles. The van der Waals surface area contributed by atoms with Gasteiger partial charge in [0.25, 0.3) is 0 Å². The maximum Gasteiger partial charge on any atom is 0.220 e. The number of benzene rings is 1. The zero-order valence-corrected chi connectivity index (χ0v) is 12.6. The number of nitrogens with two attached hydrogens (primary N) is 1. The topological polar surface area (TPSA) is 63.8 Å². The summed E-state index contributed by atoms with van der Waals surface area (Å²) in [6, 6.07) is 10.8. The Morgan fingerprint density at radius 1 is 1.24 bits per heavy atom. The highest BCUT2D eigenvalue weighted by molar-refractivity contribution is 5.53. The van der Waals surface area contributed by atoms with Crippen molar-refractivity contribution in [2.24, 2.45) is 0 Å². The molecule has 3 N–H and O–H groups in total. The summed E-state index contributed by atoms with van der Waals surface area (Å²) in [5.41, 5.74) is 10.5. The third-order valence-electron chi connectivity index (χ3n) is 4.02. The number of hydrogen-bond donors (Lipinski definition) is 2. The van der Waals surface area contributed by atoms with Crippen LogP contribution >= 0.6 is 0 Å². The number of aryl methyl sites for hydroxylation is 1. The summed E-state index contributed by atoms with van der Waals surface area (Å²) in [6.07, 6.45) is 3.32. The second-order valence-electron chi connectivity index (χ2n) is 5.98. The molecule has 4 nitrogen and oxygen atoms in total. The predicted octanol–water partition coefficient (Wildman–Crippen LogP) is 3.67. The third-order valence-corrected chi connectivity index (χ3v) is 4.02. The smallest absolute Gasteiger partial charge is 0.220 e. The van der Waals surface area contributed by atoms with Crippen molar-refractivity contribution in [2.45, 2.75) is 45.1 Å². The van der Waals surface area contributed by atoms with Crippen LogP contribution in [0.5, 0.6) is 0 Å². The Morgan fingerprint density at radius 3 is 2.86 bits per heavy atom. The second kappa shape index (κ2) is 5.72. The van der Waals surface area contributed by atoms with Crippen molar-refractivity contribution in [3.63, 3.8) is 0 Å². The number of anilines is 2. The Labute approximate surface area is 125 Å². The van der Waals surface area contributed by atoms with Crippen molar-refractivity contribution < 1.29 is 0 Å². The average molecular weight is 282 g/mol. The molecule has 0 fully saturated rings. The van der Waals surface area contributed by atoms with Crippen molar-refractivity contribution in [1.82, 2.24) is 9.97 Å². The van der Waals surface area contributed by atoms with Gasteiger partial charge in [0.15, 0.2) is 0 Å². The minimum absolute atomic E-state index is 0.205. The third kappa shape index (κ3) is 2.99. The first-order valence-electron chi connectivity index (χ1n) is 7.62. The van der Waals surface area contributed by atoms with Crippen LogP contribution in [0.2, 0.25) is 0 Å². The fourth-order valence-electron chi connectivity index (χ4n) is 2.84. The molecule has 2 aromatic rings. The van der Waals surface area contributed by atoms with Crippen LogP contribution in [0.15, 0.2) is 30.3 Å². The van der Waals surface area contributed by atoms with Crippen molar-refractivity contribution in [3.8, 4) is 0 Å². The minimum Gasteiger partial charge on any atom is -0.376 e. The molecule has 110 valence electrons. The number of hydrogen-bond acceptors (Lipinski definition) is 4. The molecular formula is C17H22N4. The van der Waals surface area contributed by atoms with Crippen LogP contribution < -0.4 is 11.1 Å². The van der Waals surface area contributed by atoms with Crippen molar-refractivity contribution >= 4 is 11.6 Å². The summed E-state index contributed by atoms with van der Waals surface area (Å²) < 4.78 is 0. The standard InChI is InChI=1S/C17H22N4/c1-11(2)15-10-16(21-17(18)20-15)14-9-5-7-12-6-3-4-8-13(12)19-14/h3-4,6,8,10-11,14,19H,5,7,9H2,1-2H3,(H2,18,20,21). The molecule has 0 amide bonds. The summed E-state index contributed by atoms with van der Waals surface area (Å²) in [7, 11) is 0. The SMILES string of the molecule is CC(C)c1cc(C2CCCc3ccccc3N2)nc(N)n1. The van der Waals surface area contributed by atoms with E-state index in [9.17, 15) is 0 Å². The molecule has 1 unspecified atom stereocenters. The van der Waals surface area contributed by atoms with E-state index < -0.39 is 0 Å². The first-order valence-corrected chi connectivity index (χ1v) is 7.62. The lowest BCUT2D eigenvalue weighted by Crippen LogP contribution is -2.14. The molecule has 1 atom stereocenters. The number of fused-ring (bicyclic) bond motifs is 1. The molecule has 0 bridgehead atoms. The van der Waals surface area contributed by atoms with Crippen LogP contribution in [-0.2, 0) is 6.42 Å². The predicted molar refractivity (Wildman–Crippen MR) is 86.3 cm³/mol. The van der Waals surface area contributed by atoms with Crippen LogP contribution in [-0.4, -0.2) is 9.97 Å². The molecule has 2 heterocycles. The maximum absolute atomic E-state index is 5.89. The zero-order valence-electron chi connectivity index (χ0n) is 12.6. The molecule has 1 aromatic heterocycles. The number of nitrogens with one attached hydrogen (secondary N) is 1. The molecule has 1 aliphatic heterocycles. The monoisotopic (exact) mass is 282 g/mol. The van der Waals surface area contributed by atoms with E-state index in [2.05, 4.69) is 59.5 Å². The van der Waals surface area contributed by atoms with Crippen molar-refractivity contribution in [3.05, 3.63) is 47.3 Å². The van der Waals surface area contributed by atoms with Crippen LogP contribution in [0.1, 0.15) is 55.6 Å². The summed E-state index contributed by atoms with van der Waals surface area (Å²) in [5, 5.41) is 3.62. The van der Waals surface area contributed by atoms with E-state index in [4.69, 9.17) is 5.73 Å². The normalized spacial score (nSPS) is 18.0. The molecule has 4 heteroatoms. The van der Waals surface area contributed by atoms with Crippen molar-refractivity contribution in [1.29, 1.82) is 0 Å². The molecule has 0 radical (unpaired) electrons. The number of rotatable bonds is 2. The van der Waals surface area contributed by atoms with Crippen LogP contribution in [0.4, 0.5) is 11.6 Å². The molecular weight excluding hydrogens is 260 g/mol. The van der Waals surface area contributed by atoms with E-state index in [1.807, 2.05) is 0 Å². The van der Waals surface area contributed by atoms with Crippen LogP contribution in [0, 0.1) is 0 Å². The summed E-state index contributed by atoms with van der Waals surface area (Å²) in [5.74, 6) is 0.725. The number of para-hydroxylation sites is 1. The molecule has 1 aromatic carbocycles. The fraction of sp³-hybridized carbons (Fsp3) is 0.412. The van der Waals surface area contributed by atoms with Gasteiger partial charge in [-0.15, -0.1) is 0 Å². The first kappa shape index (κ1) is 13.9. The van der Waals surface area contributed by atoms with Gasteiger partial charge in [0, 0.05) is 11.4 Å². The molecule has 0 saturated heterocycles. The highest BCUT2D eigenvalue weighted by atomic mass is 15.0. The summed E-state index contributed by atoms with van der Waals surface area (Å²) >= 11 is 0. The van der Waals surface area contributed by atoms with E-state index in [1.165, 1.54) is 11.3 Å². The highest BCUT2D eigenvalue weighted by Gasteiger charge is 2.19. The first-order chi connectivity index (χ1) is 10.1. The van der Waals surface area contributed by atoms with E-state index >= 15 is 0 Å². The zero-order chi connectivity index (χ0) is 14.8. The second-order valence-corrected chi connectivity index (χ2v) is 5.98. The quantitative estimate of drug-likeness (QED) is 0.882. The minimum atomic E-state index is 0.205. The summed E-state index contributed by atoms with van der Waals surface area (Å²) in [4.78, 5) is 8.79. The molecule has 21 heavy (non-hydrogen) atoms. The van der Waals surface area contributed by atoms with Gasteiger partial charge in [-0.1, -0.05) is 32.0 Å². The average Bonchev–Trinajstić information content (AvgIpc) is 2.68. The van der Waals surface area contributed by atoms with Gasteiger partial charge < -0.3 is 11.1 Å². The molecule has 1 aliphatic rings. The number of nitrogens with zero attached hydrogens (tertiary/aromatic N) is 2. The Morgan fingerprint density at radius 2 is 2.05 bits per heavy atom. The van der Waals surface area contributed by atoms with Crippen molar-refractivity contribution in [2.75, 3.05) is 11.1 Å². The largest absolute Gasteiger partial charge is 0.376 e. The Balaban J connectivity index is 1.94. The van der Waals surface area contributed by atoms with E-state index in [1.54, 1.807) is 0 Å². The Hall–Kier alpha value is -2.10. The number of nitrogen functional groups attached to an aromatic ring is 1. The van der Waals surface area contributed by atoms with E-state index in [-0.39, 0.29) is 6.04 Å². The van der Waals surface area contributed by atoms with Gasteiger partial charge in [-0.2, -0.15) is 0 Å². The van der Waals surface area contributed by atoms with Crippen LogP contribution in [0.25, 0.3) is 0 Å². The molecule has 0 spiro atoms. The molecule has 0 saturated carbocycles. The maximum atomic E-state index is 5.89. The van der Waals surface area contributed by atoms with Gasteiger partial charge in [-0.25, -0.2) is 9.97 Å². The van der Waals surface area contributed by atoms with Gasteiger partial charge in [0.05, 0.1) is 11.7 Å². The lowest BCUT2D eigenvalue weighted by molar-refractivity contribution is 0.643. The van der Waals surface area contributed by atoms with Gasteiger partial charge in [0.2, 0.25) is 5.95 Å². The van der Waals surface area contributed by atoms with E-state index in [0.717, 1.165) is 30.7 Å². The van der Waals surface area contributed by atoms with Gasteiger partial charge >= 0.3 is 0 Å². The Kier molecular flexibility index (Phi) is 3.78. The number of aromatic nitrogens is 2. The Bertz CT molecular complexity index is 636. The lowest BCUT2D eigenvalue weighted by Gasteiger charge is -2.19. The highest BCUT2D eigenvalue weighted by Crippen LogP contribution is 2.31.